The highest BCUT2D eigenvalue weighted by molar-refractivity contribution is 6.01. The molecule has 0 spiro atoms. The van der Waals surface area contributed by atoms with Crippen LogP contribution in [0.25, 0.3) is 0 Å². The van der Waals surface area contributed by atoms with Crippen LogP contribution >= 0.6 is 0 Å². The number of nitrogens with zero attached hydrogens (tertiary/aromatic N) is 2. The van der Waals surface area contributed by atoms with E-state index in [-0.39, 0.29) is 29.4 Å². The number of nitrogens with two attached hydrogens (primary N) is 1. The normalized spacial score (nSPS) is 18.9. The maximum Gasteiger partial charge on any atom is 0.305 e. The maximum absolute atomic E-state index is 13.6. The van der Waals surface area contributed by atoms with Crippen LogP contribution in [-0.2, 0) is 4.79 Å². The fraction of sp³-hybridized carbons (Fsp3) is 0.346. The standard InChI is InChI=1S/C26H28N4O6/c1-26(2)11-16-21(17(31)12-26)20(14-8-9-18(33-3)23(35-5)22(14)34-4)15(13-27)24(28)30(16)29-25(32)19-7-6-10-36-19/h6-10,20H,11-12,28H2,1-5H3,(H,29,32). The Labute approximate surface area is 208 Å². The molecule has 10 nitrogen and oxygen atoms in total. The van der Waals surface area contributed by atoms with Crippen LogP contribution in [0.15, 0.2) is 57.6 Å². The molecule has 1 aromatic carbocycles. The fourth-order valence-electron chi connectivity index (χ4n) is 4.86. The topological polar surface area (TPSA) is 140 Å². The van der Waals surface area contributed by atoms with Crippen molar-refractivity contribution >= 4 is 11.7 Å². The molecule has 1 amide bonds. The summed E-state index contributed by atoms with van der Waals surface area (Å²) < 4.78 is 21.8. The molecule has 2 aliphatic rings. The molecule has 4 rings (SSSR count). The number of carbonyl (C=O) groups excluding carboxylic acids is 2. The van der Waals surface area contributed by atoms with Crippen molar-refractivity contribution in [2.45, 2.75) is 32.6 Å². The molecular formula is C26H28N4O6. The number of hydrogen-bond donors (Lipinski definition) is 2. The van der Waals surface area contributed by atoms with E-state index in [0.29, 0.717) is 40.5 Å². The minimum atomic E-state index is -0.833. The Morgan fingerprint density at radius 2 is 1.89 bits per heavy atom. The van der Waals surface area contributed by atoms with E-state index >= 15 is 0 Å². The first-order valence-corrected chi connectivity index (χ1v) is 11.3. The second-order valence-electron chi connectivity index (χ2n) is 9.32. The van der Waals surface area contributed by atoms with E-state index < -0.39 is 17.2 Å². The number of nitrogens with one attached hydrogen (secondary N) is 1. The molecule has 0 saturated carbocycles. The predicted molar refractivity (Wildman–Crippen MR) is 129 cm³/mol. The van der Waals surface area contributed by atoms with Crippen LogP contribution in [0.4, 0.5) is 0 Å². The van der Waals surface area contributed by atoms with Gasteiger partial charge in [-0.05, 0) is 30.0 Å². The first-order chi connectivity index (χ1) is 17.2. The molecule has 0 bridgehead atoms. The molecule has 0 saturated heterocycles. The number of amides is 1. The number of Topliss-reactive ketones (excluding diaryl/α,β-unsaturated/α-hetero) is 1. The van der Waals surface area contributed by atoms with Gasteiger partial charge in [-0.3, -0.25) is 15.0 Å². The van der Waals surface area contributed by atoms with E-state index in [0.717, 1.165) is 0 Å². The molecule has 0 fully saturated rings. The van der Waals surface area contributed by atoms with Crippen molar-refractivity contribution in [3.05, 3.63) is 64.5 Å². The van der Waals surface area contributed by atoms with Gasteiger partial charge in [0.2, 0.25) is 5.75 Å². The fourth-order valence-corrected chi connectivity index (χ4v) is 4.86. The van der Waals surface area contributed by atoms with Crippen molar-refractivity contribution in [2.75, 3.05) is 21.3 Å². The zero-order chi connectivity index (χ0) is 26.2. The Morgan fingerprint density at radius 1 is 1.17 bits per heavy atom. The van der Waals surface area contributed by atoms with E-state index in [1.54, 1.807) is 18.2 Å². The van der Waals surface area contributed by atoms with E-state index in [1.807, 2.05) is 13.8 Å². The zero-order valence-electron chi connectivity index (χ0n) is 20.8. The Kier molecular flexibility index (Phi) is 6.41. The number of carbonyl (C=O) groups is 2. The summed E-state index contributed by atoms with van der Waals surface area (Å²) in [6.07, 6.45) is 2.07. The molecule has 1 atom stereocenters. The number of allylic oxidation sites excluding steroid dienone is 3. The van der Waals surface area contributed by atoms with Crippen molar-refractivity contribution in [3.63, 3.8) is 0 Å². The van der Waals surface area contributed by atoms with Gasteiger partial charge in [0, 0.05) is 17.6 Å². The largest absolute Gasteiger partial charge is 0.493 e. The molecule has 1 unspecified atom stereocenters. The van der Waals surface area contributed by atoms with Gasteiger partial charge in [0.1, 0.15) is 5.82 Å². The van der Waals surface area contributed by atoms with Gasteiger partial charge in [0.05, 0.1) is 50.8 Å². The summed E-state index contributed by atoms with van der Waals surface area (Å²) in [6.45, 7) is 3.93. The van der Waals surface area contributed by atoms with E-state index in [1.165, 1.54) is 38.7 Å². The number of methoxy groups -OCH3 is 3. The Hall–Kier alpha value is -4.39. The molecule has 188 valence electrons. The van der Waals surface area contributed by atoms with E-state index in [4.69, 9.17) is 24.4 Å². The Bertz CT molecular complexity index is 1320. The quantitative estimate of drug-likeness (QED) is 0.621. The lowest BCUT2D eigenvalue weighted by molar-refractivity contribution is -0.118. The number of hydrazine groups is 1. The molecule has 10 heteroatoms. The molecule has 1 aromatic heterocycles. The van der Waals surface area contributed by atoms with Crippen molar-refractivity contribution in [1.82, 2.24) is 10.4 Å². The average molecular weight is 493 g/mol. The Balaban J connectivity index is 1.95. The van der Waals surface area contributed by atoms with Gasteiger partial charge in [-0.15, -0.1) is 0 Å². The second-order valence-corrected chi connectivity index (χ2v) is 9.32. The molecule has 3 N–H and O–H groups in total. The van der Waals surface area contributed by atoms with Gasteiger partial charge in [-0.1, -0.05) is 19.9 Å². The van der Waals surface area contributed by atoms with Gasteiger partial charge in [0.25, 0.3) is 0 Å². The highest BCUT2D eigenvalue weighted by Crippen LogP contribution is 2.52. The van der Waals surface area contributed by atoms with Crippen molar-refractivity contribution < 1.29 is 28.2 Å². The molecule has 36 heavy (non-hydrogen) atoms. The lowest BCUT2D eigenvalue weighted by Crippen LogP contribution is -2.49. The number of benzene rings is 1. The van der Waals surface area contributed by atoms with E-state index in [9.17, 15) is 14.9 Å². The molecule has 2 aromatic rings. The van der Waals surface area contributed by atoms with Crippen LogP contribution in [0, 0.1) is 16.7 Å². The van der Waals surface area contributed by atoms with Crippen LogP contribution in [0.1, 0.15) is 48.7 Å². The van der Waals surface area contributed by atoms with E-state index in [2.05, 4.69) is 11.5 Å². The van der Waals surface area contributed by atoms with Gasteiger partial charge in [-0.2, -0.15) is 5.26 Å². The summed E-state index contributed by atoms with van der Waals surface area (Å²) >= 11 is 0. The lowest BCUT2D eigenvalue weighted by atomic mass is 9.69. The van der Waals surface area contributed by atoms with Crippen LogP contribution in [-0.4, -0.2) is 38.0 Å². The summed E-state index contributed by atoms with van der Waals surface area (Å²) in [5.74, 6) is -0.405. The molecule has 1 aliphatic carbocycles. The van der Waals surface area contributed by atoms with Crippen LogP contribution in [0.5, 0.6) is 17.2 Å². The number of rotatable bonds is 6. The third-order valence-corrected chi connectivity index (χ3v) is 6.38. The first-order valence-electron chi connectivity index (χ1n) is 11.3. The molecule has 1 aliphatic heterocycles. The number of ketones is 1. The van der Waals surface area contributed by atoms with Gasteiger partial charge < -0.3 is 24.4 Å². The third-order valence-electron chi connectivity index (χ3n) is 6.38. The van der Waals surface area contributed by atoms with Crippen molar-refractivity contribution in [2.24, 2.45) is 11.1 Å². The number of furan rings is 1. The molecule has 2 heterocycles. The number of nitriles is 1. The summed E-state index contributed by atoms with van der Waals surface area (Å²) in [6, 6.07) is 8.66. The zero-order valence-corrected chi connectivity index (χ0v) is 20.8. The van der Waals surface area contributed by atoms with Crippen LogP contribution < -0.4 is 25.4 Å². The number of hydrogen-bond acceptors (Lipinski definition) is 9. The summed E-state index contributed by atoms with van der Waals surface area (Å²) in [5, 5.41) is 11.6. The number of ether oxygens (including phenoxy) is 3. The van der Waals surface area contributed by atoms with Gasteiger partial charge in [0.15, 0.2) is 23.0 Å². The van der Waals surface area contributed by atoms with Crippen molar-refractivity contribution in [1.29, 1.82) is 5.26 Å². The monoisotopic (exact) mass is 492 g/mol. The maximum atomic E-state index is 13.6. The lowest BCUT2D eigenvalue weighted by Gasteiger charge is -2.43. The summed E-state index contributed by atoms with van der Waals surface area (Å²) in [7, 11) is 4.45. The molecule has 0 radical (unpaired) electrons. The first kappa shape index (κ1) is 24.7. The smallest absolute Gasteiger partial charge is 0.305 e. The van der Waals surface area contributed by atoms with Crippen LogP contribution in [0.2, 0.25) is 0 Å². The second kappa shape index (κ2) is 9.34. The van der Waals surface area contributed by atoms with Gasteiger partial charge in [-0.25, -0.2) is 5.01 Å². The SMILES string of the molecule is COc1ccc(C2C(C#N)=C(N)N(NC(=O)c3ccco3)C3=C2C(=O)CC(C)(C)C3)c(OC)c1OC. The Morgan fingerprint density at radius 3 is 2.47 bits per heavy atom. The average Bonchev–Trinajstić information content (AvgIpc) is 3.39. The summed E-state index contributed by atoms with van der Waals surface area (Å²) in [4.78, 5) is 26.5. The highest BCUT2D eigenvalue weighted by atomic mass is 16.5. The minimum absolute atomic E-state index is 0.00324. The minimum Gasteiger partial charge on any atom is -0.493 e. The van der Waals surface area contributed by atoms with Gasteiger partial charge >= 0.3 is 5.91 Å². The summed E-state index contributed by atoms with van der Waals surface area (Å²) in [5.41, 5.74) is 10.3. The van der Waals surface area contributed by atoms with Crippen LogP contribution in [0.3, 0.4) is 0 Å². The third kappa shape index (κ3) is 4.02. The predicted octanol–water partition coefficient (Wildman–Crippen LogP) is 3.39. The highest BCUT2D eigenvalue weighted by Gasteiger charge is 2.46. The van der Waals surface area contributed by atoms with Crippen molar-refractivity contribution in [3.8, 4) is 23.3 Å². The molecular weight excluding hydrogens is 464 g/mol.